The molecule has 0 spiro atoms. The monoisotopic (exact) mass is 415 g/mol. The predicted molar refractivity (Wildman–Crippen MR) is 108 cm³/mol. The largest absolute Gasteiger partial charge is 0.494 e. The number of nitrogens with one attached hydrogen (secondary N) is 1. The van der Waals surface area contributed by atoms with E-state index in [4.69, 9.17) is 4.74 Å². The highest BCUT2D eigenvalue weighted by molar-refractivity contribution is 7.15. The topological polar surface area (TPSA) is 115 Å². The number of rotatable bonds is 4. The molecule has 0 unspecified atom stereocenters. The number of amides is 1. The molecule has 8 nitrogen and oxygen atoms in total. The third-order valence-corrected chi connectivity index (χ3v) is 5.05. The van der Waals surface area contributed by atoms with Gasteiger partial charge in [0.25, 0.3) is 5.91 Å². The number of hydrogen-bond acceptors (Lipinski definition) is 7. The Kier molecular flexibility index (Phi) is 5.26. The van der Waals surface area contributed by atoms with E-state index < -0.39 is 5.91 Å². The Morgan fingerprint density at radius 3 is 2.93 bits per heavy atom. The van der Waals surface area contributed by atoms with E-state index in [0.29, 0.717) is 32.9 Å². The highest BCUT2D eigenvalue weighted by Crippen LogP contribution is 2.32. The Balaban J connectivity index is 1.67. The summed E-state index contributed by atoms with van der Waals surface area (Å²) in [7, 11) is 1.51. The summed E-state index contributed by atoms with van der Waals surface area (Å²) in [5, 5.41) is 20.8. The molecule has 4 rings (SSSR count). The molecule has 0 aromatic carbocycles. The third-order valence-electron chi connectivity index (χ3n) is 4.30. The second-order valence-corrected chi connectivity index (χ2v) is 7.57. The lowest BCUT2D eigenvalue weighted by atomic mass is 10.00. The molecule has 1 amide bonds. The first kappa shape index (κ1) is 19.3. The Morgan fingerprint density at radius 1 is 1.37 bits per heavy atom. The van der Waals surface area contributed by atoms with Crippen LogP contribution in [-0.2, 0) is 0 Å². The van der Waals surface area contributed by atoms with Gasteiger partial charge in [-0.15, -0.1) is 10.2 Å². The van der Waals surface area contributed by atoms with Crippen molar-refractivity contribution < 1.29 is 14.5 Å². The van der Waals surface area contributed by atoms with Crippen LogP contribution in [0.2, 0.25) is 0 Å². The summed E-state index contributed by atoms with van der Waals surface area (Å²) in [5.74, 6) is 6.53. The molecule has 146 valence electrons. The summed E-state index contributed by atoms with van der Waals surface area (Å²) in [6, 6.07) is 5.27. The molecule has 1 saturated carbocycles. The number of pyridine rings is 1. The summed E-state index contributed by atoms with van der Waals surface area (Å²) in [6.45, 7) is 1.82. The third kappa shape index (κ3) is 4.20. The van der Waals surface area contributed by atoms with Crippen LogP contribution in [0.25, 0.3) is 11.1 Å². The zero-order valence-corrected chi connectivity index (χ0v) is 17.0. The number of methoxy groups -OCH3 is 1. The molecule has 0 saturated heterocycles. The standard InChI is InChI=1S/C21H14N6O2S/c1-12-7-16(18(29-2)11-23-12)15-8-14(9-22)24-10-17(15)20(28)25-21-27-26-19(30-21)6-5-13-3-4-13/h7-8,11,13H,3-4H2,1-2H3/p+1. The van der Waals surface area contributed by atoms with Gasteiger partial charge in [-0.1, -0.05) is 17.3 Å². The number of carbonyl (C=O) groups is 1. The number of ether oxygens (including phenoxy) is 1. The van der Waals surface area contributed by atoms with E-state index in [1.165, 1.54) is 24.5 Å². The molecule has 1 aliphatic rings. The van der Waals surface area contributed by atoms with Crippen LogP contribution >= 0.6 is 11.3 Å². The van der Waals surface area contributed by atoms with E-state index in [9.17, 15) is 10.1 Å². The molecule has 0 bridgehead atoms. The molecular formula is C21H15N6O2S+. The molecule has 0 radical (unpaired) electrons. The lowest BCUT2D eigenvalue weighted by Crippen LogP contribution is -2.15. The highest BCUT2D eigenvalue weighted by atomic mass is 32.1. The maximum Gasteiger partial charge on any atom is 0.417 e. The van der Waals surface area contributed by atoms with Crippen LogP contribution in [0.5, 0.6) is 5.75 Å². The Labute approximate surface area is 177 Å². The smallest absolute Gasteiger partial charge is 0.417 e. The summed E-state index contributed by atoms with van der Waals surface area (Å²) in [5.41, 5.74) is 2.08. The van der Waals surface area contributed by atoms with E-state index in [1.54, 1.807) is 12.3 Å². The quantitative estimate of drug-likeness (QED) is 0.650. The molecule has 0 atom stereocenters. The van der Waals surface area contributed by atoms with Gasteiger partial charge in [-0.05, 0) is 36.7 Å². The zero-order chi connectivity index (χ0) is 21.1. The van der Waals surface area contributed by atoms with Crippen molar-refractivity contribution in [2.24, 2.45) is 5.92 Å². The van der Waals surface area contributed by atoms with E-state index in [1.807, 2.05) is 13.0 Å². The van der Waals surface area contributed by atoms with Crippen molar-refractivity contribution >= 4 is 22.4 Å². The summed E-state index contributed by atoms with van der Waals surface area (Å²) in [6.07, 6.45) is 6.48. The van der Waals surface area contributed by atoms with Gasteiger partial charge >= 0.3 is 11.9 Å². The average Bonchev–Trinajstić information content (AvgIpc) is 3.49. The van der Waals surface area contributed by atoms with Crippen molar-refractivity contribution in [2.75, 3.05) is 12.4 Å². The Bertz CT molecular complexity index is 1230. The van der Waals surface area contributed by atoms with Crippen molar-refractivity contribution in [3.05, 3.63) is 46.5 Å². The minimum atomic E-state index is -0.476. The van der Waals surface area contributed by atoms with Crippen LogP contribution in [0, 0.1) is 42.2 Å². The number of nitrogens with zero attached hydrogens (tertiary/aromatic N) is 5. The zero-order valence-electron chi connectivity index (χ0n) is 16.2. The molecule has 1 fully saturated rings. The van der Waals surface area contributed by atoms with E-state index in [-0.39, 0.29) is 11.3 Å². The van der Waals surface area contributed by atoms with Gasteiger partial charge in [0.05, 0.1) is 19.4 Å². The van der Waals surface area contributed by atoms with Crippen LogP contribution < -0.4 is 15.0 Å². The maximum absolute atomic E-state index is 13.0. The lowest BCUT2D eigenvalue weighted by molar-refractivity contribution is -0.298. The number of nitriles is 1. The van der Waals surface area contributed by atoms with Gasteiger partial charge < -0.3 is 4.74 Å². The summed E-state index contributed by atoms with van der Waals surface area (Å²) >= 11 is 1.20. The van der Waals surface area contributed by atoms with Gasteiger partial charge in [0.1, 0.15) is 5.75 Å². The van der Waals surface area contributed by atoms with Crippen molar-refractivity contribution in [3.63, 3.8) is 0 Å². The van der Waals surface area contributed by atoms with Crippen molar-refractivity contribution in [1.82, 2.24) is 15.2 Å². The maximum atomic E-state index is 13.0. The predicted octanol–water partition coefficient (Wildman–Crippen LogP) is 2.20. The van der Waals surface area contributed by atoms with Crippen LogP contribution in [0.15, 0.2) is 18.3 Å². The summed E-state index contributed by atoms with van der Waals surface area (Å²) < 4.78 is 5.39. The summed E-state index contributed by atoms with van der Waals surface area (Å²) in [4.78, 5) is 21.1. The average molecular weight is 415 g/mol. The molecule has 1 N–H and O–H groups in total. The number of anilines is 1. The number of hydrogen-bond donors (Lipinski definition) is 1. The molecule has 3 aromatic rings. The van der Waals surface area contributed by atoms with Crippen LogP contribution in [0.1, 0.15) is 39.6 Å². The fourth-order valence-corrected chi connectivity index (χ4v) is 3.26. The molecule has 0 aliphatic heterocycles. The number of carbonyl (C=O) groups excluding carboxylic acids is 1. The molecular weight excluding hydrogens is 400 g/mol. The van der Waals surface area contributed by atoms with E-state index in [0.717, 1.165) is 18.5 Å². The first-order chi connectivity index (χ1) is 14.6. The van der Waals surface area contributed by atoms with Crippen LogP contribution in [0.3, 0.4) is 0 Å². The van der Waals surface area contributed by atoms with Gasteiger partial charge in [0.15, 0.2) is 16.6 Å². The van der Waals surface area contributed by atoms with Gasteiger partial charge in [-0.2, -0.15) is 5.26 Å². The molecule has 9 heteroatoms. The van der Waals surface area contributed by atoms with Crippen molar-refractivity contribution in [1.29, 1.82) is 5.26 Å². The van der Waals surface area contributed by atoms with Gasteiger partial charge in [-0.3, -0.25) is 15.1 Å². The van der Waals surface area contributed by atoms with Gasteiger partial charge in [-0.25, -0.2) is 0 Å². The normalized spacial score (nSPS) is 12.2. The molecule has 30 heavy (non-hydrogen) atoms. The molecule has 1 aliphatic carbocycles. The first-order valence-electron chi connectivity index (χ1n) is 9.07. The fourth-order valence-electron chi connectivity index (χ4n) is 2.66. The number of aryl methyl sites for hydroxylation is 1. The SMILES string of the molecule is COc1cnc(C)cc1-c1cc(C#N)[n+]#cc1C(=O)Nc1nnc(C#CC2CC2)s1. The lowest BCUT2D eigenvalue weighted by Gasteiger charge is -2.09. The first-order valence-corrected chi connectivity index (χ1v) is 9.89. The van der Waals surface area contributed by atoms with Gasteiger partial charge in [0.2, 0.25) is 5.13 Å². The minimum absolute atomic E-state index is 0.131. The number of aromatic nitrogens is 4. The van der Waals surface area contributed by atoms with Crippen molar-refractivity contribution in [2.45, 2.75) is 19.8 Å². The molecule has 3 aromatic heterocycles. The Hall–Kier alpha value is -4.00. The Morgan fingerprint density at radius 2 is 2.20 bits per heavy atom. The molecule has 3 heterocycles. The second kappa shape index (κ2) is 8.16. The highest BCUT2D eigenvalue weighted by Gasteiger charge is 2.24. The van der Waals surface area contributed by atoms with E-state index >= 15 is 0 Å². The fraction of sp³-hybridized carbons (Fsp3) is 0.238. The van der Waals surface area contributed by atoms with E-state index in [2.05, 4.69) is 43.5 Å². The second-order valence-electron chi connectivity index (χ2n) is 6.59. The van der Waals surface area contributed by atoms with Crippen LogP contribution in [-0.4, -0.2) is 28.2 Å². The van der Waals surface area contributed by atoms with Crippen LogP contribution in [0.4, 0.5) is 5.13 Å². The van der Waals surface area contributed by atoms with Gasteiger partial charge in [0, 0.05) is 22.7 Å². The van der Waals surface area contributed by atoms with Crippen molar-refractivity contribution in [3.8, 4) is 34.8 Å². The minimum Gasteiger partial charge on any atom is -0.494 e.